The maximum Gasteiger partial charge on any atom is 0.124 e. The molecule has 0 bridgehead atoms. The third-order valence-corrected chi connectivity index (χ3v) is 3.07. The highest BCUT2D eigenvalue weighted by atomic mass is 35.5. The second-order valence-corrected chi connectivity index (χ2v) is 4.91. The lowest BCUT2D eigenvalue weighted by Crippen LogP contribution is -2.09. The first kappa shape index (κ1) is 13.9. The molecule has 2 N–H and O–H groups in total. The maximum atomic E-state index is 5.97. The van der Waals surface area contributed by atoms with Crippen molar-refractivity contribution in [2.24, 2.45) is 5.73 Å². The van der Waals surface area contributed by atoms with Gasteiger partial charge in [-0.25, -0.2) is 4.98 Å². The molecule has 0 saturated heterocycles. The summed E-state index contributed by atoms with van der Waals surface area (Å²) in [6.45, 7) is 3.45. The summed E-state index contributed by atoms with van der Waals surface area (Å²) in [5, 5.41) is 0.679. The Balaban J connectivity index is 1.88. The van der Waals surface area contributed by atoms with Gasteiger partial charge in [0.05, 0.1) is 12.9 Å². The molecule has 1 aromatic carbocycles. The molecule has 0 amide bonds. The molecule has 1 heterocycles. The van der Waals surface area contributed by atoms with Gasteiger partial charge in [-0.1, -0.05) is 11.6 Å². The average molecular weight is 280 g/mol. The first-order valence-corrected chi connectivity index (χ1v) is 6.68. The fraction of sp³-hybridized carbons (Fsp3) is 0.357. The van der Waals surface area contributed by atoms with Gasteiger partial charge in [-0.3, -0.25) is 0 Å². The van der Waals surface area contributed by atoms with Gasteiger partial charge in [0.15, 0.2) is 0 Å². The Morgan fingerprint density at radius 3 is 3.00 bits per heavy atom. The molecule has 0 radical (unpaired) electrons. The predicted molar refractivity (Wildman–Crippen MR) is 76.4 cm³/mol. The quantitative estimate of drug-likeness (QED) is 0.827. The largest absolute Gasteiger partial charge is 0.493 e. The van der Waals surface area contributed by atoms with Crippen LogP contribution in [0.2, 0.25) is 5.02 Å². The highest BCUT2D eigenvalue weighted by molar-refractivity contribution is 6.30. The summed E-state index contributed by atoms with van der Waals surface area (Å²) in [4.78, 5) is 4.00. The van der Waals surface area contributed by atoms with E-state index in [-0.39, 0.29) is 6.04 Å². The zero-order valence-electron chi connectivity index (χ0n) is 10.9. The number of imidazole rings is 1. The number of nitrogens with two attached hydrogens (primary N) is 1. The number of rotatable bonds is 6. The van der Waals surface area contributed by atoms with Crippen molar-refractivity contribution in [3.63, 3.8) is 0 Å². The highest BCUT2D eigenvalue weighted by Gasteiger charge is 2.08. The van der Waals surface area contributed by atoms with Crippen molar-refractivity contribution in [2.45, 2.75) is 25.9 Å². The average Bonchev–Trinajstić information content (AvgIpc) is 2.89. The van der Waals surface area contributed by atoms with Crippen molar-refractivity contribution in [1.29, 1.82) is 0 Å². The third-order valence-electron chi connectivity index (χ3n) is 2.84. The predicted octanol–water partition coefficient (Wildman–Crippen LogP) is 3.03. The molecule has 0 aliphatic carbocycles. The molecule has 0 aliphatic heterocycles. The van der Waals surface area contributed by atoms with Crippen molar-refractivity contribution in [1.82, 2.24) is 9.55 Å². The van der Waals surface area contributed by atoms with E-state index >= 15 is 0 Å². The standard InChI is InChI=1S/C14H18ClN3O/c1-11(16)13-9-12(15)3-4-14(13)19-8-2-6-18-7-5-17-10-18/h3-5,7,9-11H,2,6,8,16H2,1H3/t11-/m0/s1. The molecule has 2 rings (SSSR count). The van der Waals surface area contributed by atoms with Crippen LogP contribution in [0.3, 0.4) is 0 Å². The normalized spacial score (nSPS) is 12.4. The zero-order valence-corrected chi connectivity index (χ0v) is 11.7. The summed E-state index contributed by atoms with van der Waals surface area (Å²) < 4.78 is 7.80. The van der Waals surface area contributed by atoms with Crippen molar-refractivity contribution in [3.8, 4) is 5.75 Å². The van der Waals surface area contributed by atoms with Gasteiger partial charge >= 0.3 is 0 Å². The van der Waals surface area contributed by atoms with Gasteiger partial charge in [0.25, 0.3) is 0 Å². The number of aromatic nitrogens is 2. The van der Waals surface area contributed by atoms with Gasteiger partial charge in [-0.05, 0) is 31.5 Å². The molecule has 102 valence electrons. The monoisotopic (exact) mass is 279 g/mol. The summed E-state index contributed by atoms with van der Waals surface area (Å²) in [6.07, 6.45) is 6.43. The van der Waals surface area contributed by atoms with Crippen molar-refractivity contribution in [2.75, 3.05) is 6.61 Å². The van der Waals surface area contributed by atoms with E-state index in [9.17, 15) is 0 Å². The van der Waals surface area contributed by atoms with Crippen LogP contribution in [0.25, 0.3) is 0 Å². The van der Waals surface area contributed by atoms with Gasteiger partial charge in [0.2, 0.25) is 0 Å². The first-order valence-electron chi connectivity index (χ1n) is 6.30. The lowest BCUT2D eigenvalue weighted by atomic mass is 10.1. The van der Waals surface area contributed by atoms with Crippen LogP contribution in [0, 0.1) is 0 Å². The number of aryl methyl sites for hydroxylation is 1. The van der Waals surface area contributed by atoms with E-state index in [4.69, 9.17) is 22.1 Å². The number of ether oxygens (including phenoxy) is 1. The molecule has 1 aromatic heterocycles. The number of hydrogen-bond donors (Lipinski definition) is 1. The molecule has 2 aromatic rings. The first-order chi connectivity index (χ1) is 9.16. The topological polar surface area (TPSA) is 53.1 Å². The molecule has 1 atom stereocenters. The number of hydrogen-bond acceptors (Lipinski definition) is 3. The summed E-state index contributed by atoms with van der Waals surface area (Å²) >= 11 is 5.97. The second-order valence-electron chi connectivity index (χ2n) is 4.47. The number of halogens is 1. The van der Waals surface area contributed by atoms with Crippen LogP contribution >= 0.6 is 11.6 Å². The minimum atomic E-state index is -0.0950. The zero-order chi connectivity index (χ0) is 13.7. The summed E-state index contributed by atoms with van der Waals surface area (Å²) in [7, 11) is 0. The smallest absolute Gasteiger partial charge is 0.124 e. The van der Waals surface area contributed by atoms with E-state index in [1.54, 1.807) is 12.5 Å². The van der Waals surface area contributed by atoms with Crippen LogP contribution in [-0.4, -0.2) is 16.2 Å². The van der Waals surface area contributed by atoms with Crippen LogP contribution in [0.4, 0.5) is 0 Å². The lowest BCUT2D eigenvalue weighted by Gasteiger charge is -2.14. The SMILES string of the molecule is C[C@H](N)c1cc(Cl)ccc1OCCCn1ccnc1. The molecular weight excluding hydrogens is 262 g/mol. The van der Waals surface area contributed by atoms with E-state index in [1.807, 2.05) is 35.9 Å². The van der Waals surface area contributed by atoms with Gasteiger partial charge in [0, 0.05) is 35.6 Å². The maximum absolute atomic E-state index is 5.97. The molecule has 5 heteroatoms. The molecular formula is C14H18ClN3O. The van der Waals surface area contributed by atoms with E-state index in [0.29, 0.717) is 11.6 Å². The van der Waals surface area contributed by atoms with Gasteiger partial charge in [-0.15, -0.1) is 0 Å². The third kappa shape index (κ3) is 3.98. The molecule has 0 unspecified atom stereocenters. The lowest BCUT2D eigenvalue weighted by molar-refractivity contribution is 0.297. The van der Waals surface area contributed by atoms with E-state index in [2.05, 4.69) is 4.98 Å². The van der Waals surface area contributed by atoms with E-state index < -0.39 is 0 Å². The summed E-state index contributed by atoms with van der Waals surface area (Å²) in [6, 6.07) is 5.45. The highest BCUT2D eigenvalue weighted by Crippen LogP contribution is 2.27. The molecule has 19 heavy (non-hydrogen) atoms. The Bertz CT molecular complexity index is 511. The Morgan fingerprint density at radius 2 is 2.32 bits per heavy atom. The van der Waals surface area contributed by atoms with Crippen molar-refractivity contribution in [3.05, 3.63) is 47.5 Å². The Kier molecular flexibility index (Phi) is 4.82. The van der Waals surface area contributed by atoms with Crippen LogP contribution in [-0.2, 0) is 6.54 Å². The molecule has 4 nitrogen and oxygen atoms in total. The van der Waals surface area contributed by atoms with Crippen LogP contribution in [0.5, 0.6) is 5.75 Å². The molecule has 0 spiro atoms. The number of benzene rings is 1. The van der Waals surface area contributed by atoms with Gasteiger partial charge in [-0.2, -0.15) is 0 Å². The minimum absolute atomic E-state index is 0.0950. The van der Waals surface area contributed by atoms with Gasteiger partial charge in [0.1, 0.15) is 5.75 Å². The summed E-state index contributed by atoms with van der Waals surface area (Å²) in [5.74, 6) is 0.810. The molecule has 0 fully saturated rings. The molecule has 0 saturated carbocycles. The Labute approximate surface area is 118 Å². The van der Waals surface area contributed by atoms with Crippen molar-refractivity contribution < 1.29 is 4.74 Å². The number of nitrogens with zero attached hydrogens (tertiary/aromatic N) is 2. The Morgan fingerprint density at radius 1 is 1.47 bits per heavy atom. The Hall–Kier alpha value is -1.52. The van der Waals surface area contributed by atoms with Gasteiger partial charge < -0.3 is 15.0 Å². The van der Waals surface area contributed by atoms with Crippen LogP contribution < -0.4 is 10.5 Å². The van der Waals surface area contributed by atoms with Crippen molar-refractivity contribution >= 4 is 11.6 Å². The fourth-order valence-electron chi connectivity index (χ4n) is 1.85. The second kappa shape index (κ2) is 6.59. The fourth-order valence-corrected chi connectivity index (χ4v) is 2.04. The van der Waals surface area contributed by atoms with Crippen LogP contribution in [0.1, 0.15) is 24.9 Å². The van der Waals surface area contributed by atoms with E-state index in [1.165, 1.54) is 0 Å². The van der Waals surface area contributed by atoms with E-state index in [0.717, 1.165) is 24.3 Å². The minimum Gasteiger partial charge on any atom is -0.493 e. The summed E-state index contributed by atoms with van der Waals surface area (Å²) in [5.41, 5.74) is 6.85. The van der Waals surface area contributed by atoms with Crippen LogP contribution in [0.15, 0.2) is 36.9 Å². The molecule has 0 aliphatic rings.